The van der Waals surface area contributed by atoms with E-state index in [0.29, 0.717) is 11.5 Å². The van der Waals surface area contributed by atoms with Crippen molar-refractivity contribution >= 4 is 38.4 Å². The number of para-hydroxylation sites is 1. The number of benzene rings is 1. The number of pyridine rings is 1. The van der Waals surface area contributed by atoms with Gasteiger partial charge in [0.25, 0.3) is 0 Å². The lowest BCUT2D eigenvalue weighted by Gasteiger charge is -1.95. The maximum Gasteiger partial charge on any atom is 0.348 e. The number of carbonyl (C=O) groups is 1. The van der Waals surface area contributed by atoms with Crippen LogP contribution in [0.15, 0.2) is 36.4 Å². The Balaban J connectivity index is 2.16. The quantitative estimate of drug-likeness (QED) is 0.658. The first-order valence-corrected chi connectivity index (χ1v) is 6.56. The summed E-state index contributed by atoms with van der Waals surface area (Å²) >= 11 is 1.37. The Morgan fingerprint density at radius 2 is 2.11 bits per heavy atom. The van der Waals surface area contributed by atoms with Gasteiger partial charge in [0.15, 0.2) is 0 Å². The molecule has 0 aliphatic heterocycles. The standard InChI is InChI=1S/C14H11NO2S/c1-2-17-14(16)12-8-10-7-9-5-3-4-6-11(9)15-13(10)18-12/h3-8H,2H2,1H3. The van der Waals surface area contributed by atoms with Gasteiger partial charge < -0.3 is 4.74 Å². The molecular formula is C14H11NO2S. The van der Waals surface area contributed by atoms with Crippen LogP contribution < -0.4 is 0 Å². The smallest absolute Gasteiger partial charge is 0.348 e. The summed E-state index contributed by atoms with van der Waals surface area (Å²) in [6.45, 7) is 2.19. The Labute approximate surface area is 108 Å². The van der Waals surface area contributed by atoms with Crippen LogP contribution in [0, 0.1) is 0 Å². The van der Waals surface area contributed by atoms with E-state index >= 15 is 0 Å². The molecule has 1 aromatic carbocycles. The van der Waals surface area contributed by atoms with Crippen LogP contribution in [0.25, 0.3) is 21.1 Å². The Hall–Kier alpha value is -1.94. The summed E-state index contributed by atoms with van der Waals surface area (Å²) in [6, 6.07) is 11.8. The van der Waals surface area contributed by atoms with Gasteiger partial charge in [0.2, 0.25) is 0 Å². The third-order valence-electron chi connectivity index (χ3n) is 2.69. The van der Waals surface area contributed by atoms with Gasteiger partial charge in [-0.3, -0.25) is 0 Å². The highest BCUT2D eigenvalue weighted by Gasteiger charge is 2.12. The Morgan fingerprint density at radius 3 is 2.94 bits per heavy atom. The van der Waals surface area contributed by atoms with Crippen molar-refractivity contribution in [2.24, 2.45) is 0 Å². The van der Waals surface area contributed by atoms with E-state index in [1.807, 2.05) is 30.3 Å². The normalized spacial score (nSPS) is 10.9. The van der Waals surface area contributed by atoms with E-state index in [-0.39, 0.29) is 5.97 Å². The summed E-state index contributed by atoms with van der Waals surface area (Å²) < 4.78 is 5.00. The first-order valence-electron chi connectivity index (χ1n) is 5.74. The Bertz CT molecular complexity index is 680. The zero-order valence-electron chi connectivity index (χ0n) is 9.84. The lowest BCUT2D eigenvalue weighted by atomic mass is 10.2. The molecule has 3 aromatic rings. The fraction of sp³-hybridized carbons (Fsp3) is 0.143. The molecule has 3 nitrogen and oxygen atoms in total. The highest BCUT2D eigenvalue weighted by Crippen LogP contribution is 2.27. The molecule has 2 aromatic heterocycles. The summed E-state index contributed by atoms with van der Waals surface area (Å²) in [5.74, 6) is -0.274. The van der Waals surface area contributed by atoms with Crippen molar-refractivity contribution in [3.63, 3.8) is 0 Å². The molecule has 0 amide bonds. The zero-order chi connectivity index (χ0) is 12.5. The number of carbonyl (C=O) groups excluding carboxylic acids is 1. The largest absolute Gasteiger partial charge is 0.462 e. The molecule has 0 saturated heterocycles. The van der Waals surface area contributed by atoms with Crippen LogP contribution in [0.3, 0.4) is 0 Å². The molecule has 0 atom stereocenters. The predicted molar refractivity (Wildman–Crippen MR) is 73.1 cm³/mol. The molecule has 0 radical (unpaired) electrons. The minimum Gasteiger partial charge on any atom is -0.462 e. The molecule has 90 valence electrons. The third kappa shape index (κ3) is 1.84. The lowest BCUT2D eigenvalue weighted by molar-refractivity contribution is 0.0532. The number of hydrogen-bond donors (Lipinski definition) is 0. The second kappa shape index (κ2) is 4.38. The van der Waals surface area contributed by atoms with Crippen molar-refractivity contribution in [3.05, 3.63) is 41.3 Å². The molecule has 0 N–H and O–H groups in total. The SMILES string of the molecule is CCOC(=O)c1cc2cc3ccccc3nc2s1. The van der Waals surface area contributed by atoms with Crippen LogP contribution in [0.2, 0.25) is 0 Å². The molecule has 0 aliphatic rings. The zero-order valence-corrected chi connectivity index (χ0v) is 10.7. The van der Waals surface area contributed by atoms with E-state index in [0.717, 1.165) is 21.1 Å². The van der Waals surface area contributed by atoms with Crippen LogP contribution in [0.4, 0.5) is 0 Å². The van der Waals surface area contributed by atoms with Gasteiger partial charge >= 0.3 is 5.97 Å². The molecule has 0 saturated carbocycles. The van der Waals surface area contributed by atoms with Gasteiger partial charge in [0, 0.05) is 10.8 Å². The highest BCUT2D eigenvalue weighted by atomic mass is 32.1. The average molecular weight is 257 g/mol. The molecule has 3 rings (SSSR count). The number of nitrogens with zero attached hydrogens (tertiary/aromatic N) is 1. The van der Waals surface area contributed by atoms with Crippen LogP contribution in [0.1, 0.15) is 16.6 Å². The van der Waals surface area contributed by atoms with E-state index in [9.17, 15) is 4.79 Å². The summed E-state index contributed by atoms with van der Waals surface area (Å²) in [5, 5.41) is 2.07. The predicted octanol–water partition coefficient (Wildman–Crippen LogP) is 3.63. The number of fused-ring (bicyclic) bond motifs is 2. The first kappa shape index (κ1) is 11.2. The monoisotopic (exact) mass is 257 g/mol. The van der Waals surface area contributed by atoms with E-state index in [1.54, 1.807) is 6.92 Å². The fourth-order valence-corrected chi connectivity index (χ4v) is 2.79. The maximum absolute atomic E-state index is 11.7. The van der Waals surface area contributed by atoms with Crippen LogP contribution in [-0.4, -0.2) is 17.6 Å². The lowest BCUT2D eigenvalue weighted by Crippen LogP contribution is -2.01. The second-order valence-corrected chi connectivity index (χ2v) is 4.94. The van der Waals surface area contributed by atoms with Crippen molar-refractivity contribution in [1.29, 1.82) is 0 Å². The molecule has 0 fully saturated rings. The Morgan fingerprint density at radius 1 is 1.28 bits per heavy atom. The van der Waals surface area contributed by atoms with Gasteiger partial charge in [-0.05, 0) is 25.1 Å². The molecule has 0 unspecified atom stereocenters. The second-order valence-electron chi connectivity index (χ2n) is 3.91. The minimum atomic E-state index is -0.274. The average Bonchev–Trinajstić information content (AvgIpc) is 2.79. The number of hydrogen-bond acceptors (Lipinski definition) is 4. The van der Waals surface area contributed by atoms with Crippen LogP contribution in [-0.2, 0) is 4.74 Å². The summed E-state index contributed by atoms with van der Waals surface area (Å²) in [7, 11) is 0. The summed E-state index contributed by atoms with van der Waals surface area (Å²) in [6.07, 6.45) is 0. The van der Waals surface area contributed by atoms with Crippen molar-refractivity contribution < 1.29 is 9.53 Å². The molecule has 2 heterocycles. The number of rotatable bonds is 2. The van der Waals surface area contributed by atoms with Crippen molar-refractivity contribution in [1.82, 2.24) is 4.98 Å². The van der Waals surface area contributed by atoms with Crippen molar-refractivity contribution in [3.8, 4) is 0 Å². The molecule has 0 spiro atoms. The van der Waals surface area contributed by atoms with E-state index in [4.69, 9.17) is 4.74 Å². The number of esters is 1. The van der Waals surface area contributed by atoms with Gasteiger partial charge in [-0.2, -0.15) is 0 Å². The molecular weight excluding hydrogens is 246 g/mol. The third-order valence-corrected chi connectivity index (χ3v) is 3.71. The van der Waals surface area contributed by atoms with Gasteiger partial charge in [0.1, 0.15) is 9.71 Å². The first-order chi connectivity index (χ1) is 8.78. The molecule has 0 bridgehead atoms. The van der Waals surface area contributed by atoms with Gasteiger partial charge in [0.05, 0.1) is 12.1 Å². The Kier molecular flexibility index (Phi) is 2.72. The highest BCUT2D eigenvalue weighted by molar-refractivity contribution is 7.20. The van der Waals surface area contributed by atoms with Crippen molar-refractivity contribution in [2.75, 3.05) is 6.61 Å². The van der Waals surface area contributed by atoms with Crippen LogP contribution >= 0.6 is 11.3 Å². The van der Waals surface area contributed by atoms with Crippen LogP contribution in [0.5, 0.6) is 0 Å². The van der Waals surface area contributed by atoms with Gasteiger partial charge in [-0.1, -0.05) is 18.2 Å². The van der Waals surface area contributed by atoms with Crippen molar-refractivity contribution in [2.45, 2.75) is 6.92 Å². The fourth-order valence-electron chi connectivity index (χ4n) is 1.88. The number of ether oxygens (including phenoxy) is 1. The maximum atomic E-state index is 11.7. The summed E-state index contributed by atoms with van der Waals surface area (Å²) in [4.78, 5) is 17.7. The van der Waals surface area contributed by atoms with E-state index in [2.05, 4.69) is 11.1 Å². The molecule has 4 heteroatoms. The topological polar surface area (TPSA) is 39.2 Å². The number of aromatic nitrogens is 1. The minimum absolute atomic E-state index is 0.274. The molecule has 18 heavy (non-hydrogen) atoms. The van der Waals surface area contributed by atoms with E-state index in [1.165, 1.54) is 11.3 Å². The van der Waals surface area contributed by atoms with Gasteiger partial charge in [-0.15, -0.1) is 11.3 Å². The van der Waals surface area contributed by atoms with E-state index < -0.39 is 0 Å². The summed E-state index contributed by atoms with van der Waals surface area (Å²) in [5.41, 5.74) is 0.947. The van der Waals surface area contributed by atoms with Gasteiger partial charge in [-0.25, -0.2) is 9.78 Å². The number of thiophene rings is 1. The molecule has 0 aliphatic carbocycles.